The van der Waals surface area contributed by atoms with E-state index >= 15 is 0 Å². The molecule has 0 fully saturated rings. The van der Waals surface area contributed by atoms with Gasteiger partial charge in [-0.1, -0.05) is 0 Å². The lowest BCUT2D eigenvalue weighted by molar-refractivity contribution is -0.140. The number of rotatable bonds is 3. The Morgan fingerprint density at radius 1 is 1.32 bits per heavy atom. The number of hydrogen-bond acceptors (Lipinski definition) is 2. The standard InChI is InChI=1S/C11H9F4NO3/c1-5(10(18)19)16-9(17)6-2-3-7(8(12)4-6)11(13,14)15/h2-5H,1H3,(H,16,17)(H,18,19). The van der Waals surface area contributed by atoms with E-state index in [1.54, 1.807) is 0 Å². The van der Waals surface area contributed by atoms with E-state index in [2.05, 4.69) is 0 Å². The van der Waals surface area contributed by atoms with E-state index in [0.717, 1.165) is 6.07 Å². The van der Waals surface area contributed by atoms with E-state index < -0.39 is 41.0 Å². The number of hydrogen-bond donors (Lipinski definition) is 2. The number of halogens is 4. The minimum absolute atomic E-state index is 0.390. The minimum Gasteiger partial charge on any atom is -0.480 e. The normalized spacial score (nSPS) is 12.9. The van der Waals surface area contributed by atoms with Crippen molar-refractivity contribution in [1.82, 2.24) is 5.32 Å². The van der Waals surface area contributed by atoms with Crippen LogP contribution in [-0.4, -0.2) is 23.0 Å². The highest BCUT2D eigenvalue weighted by Gasteiger charge is 2.34. The van der Waals surface area contributed by atoms with Crippen LogP contribution in [0.1, 0.15) is 22.8 Å². The molecule has 1 atom stereocenters. The van der Waals surface area contributed by atoms with E-state index in [-0.39, 0.29) is 0 Å². The Hall–Kier alpha value is -2.12. The first kappa shape index (κ1) is 14.9. The van der Waals surface area contributed by atoms with Crippen molar-refractivity contribution >= 4 is 11.9 Å². The third kappa shape index (κ3) is 3.67. The second-order valence-corrected chi connectivity index (χ2v) is 3.73. The second-order valence-electron chi connectivity index (χ2n) is 3.73. The van der Waals surface area contributed by atoms with Gasteiger partial charge < -0.3 is 10.4 Å². The number of carbonyl (C=O) groups is 2. The fourth-order valence-corrected chi connectivity index (χ4v) is 1.23. The molecule has 0 radical (unpaired) electrons. The van der Waals surface area contributed by atoms with Crippen molar-refractivity contribution in [2.45, 2.75) is 19.1 Å². The van der Waals surface area contributed by atoms with E-state index in [1.165, 1.54) is 6.92 Å². The van der Waals surface area contributed by atoms with Crippen molar-refractivity contribution in [3.63, 3.8) is 0 Å². The smallest absolute Gasteiger partial charge is 0.419 e. The van der Waals surface area contributed by atoms with Gasteiger partial charge in [-0.2, -0.15) is 13.2 Å². The molecule has 1 aromatic carbocycles. The summed E-state index contributed by atoms with van der Waals surface area (Å²) in [6.45, 7) is 1.17. The van der Waals surface area contributed by atoms with Gasteiger partial charge in [-0.05, 0) is 25.1 Å². The lowest BCUT2D eigenvalue weighted by Crippen LogP contribution is -2.38. The zero-order chi connectivity index (χ0) is 14.8. The average Bonchev–Trinajstić information content (AvgIpc) is 2.26. The Labute approximate surface area is 105 Å². The lowest BCUT2D eigenvalue weighted by Gasteiger charge is -2.11. The molecule has 1 aromatic rings. The van der Waals surface area contributed by atoms with Crippen LogP contribution in [0.5, 0.6) is 0 Å². The van der Waals surface area contributed by atoms with E-state index in [0.29, 0.717) is 12.1 Å². The molecule has 0 heterocycles. The molecule has 0 bridgehead atoms. The number of aliphatic carboxylic acids is 1. The molecule has 1 rings (SSSR count). The van der Waals surface area contributed by atoms with Crippen molar-refractivity contribution in [2.75, 3.05) is 0 Å². The number of nitrogens with one attached hydrogen (secondary N) is 1. The highest BCUT2D eigenvalue weighted by atomic mass is 19.4. The summed E-state index contributed by atoms with van der Waals surface area (Å²) in [5.41, 5.74) is -1.88. The predicted molar refractivity (Wildman–Crippen MR) is 56.0 cm³/mol. The molecule has 0 aliphatic carbocycles. The molecule has 19 heavy (non-hydrogen) atoms. The number of amides is 1. The van der Waals surface area contributed by atoms with Crippen LogP contribution in [0.15, 0.2) is 18.2 Å². The Kier molecular flexibility index (Phi) is 4.13. The molecular formula is C11H9F4NO3. The minimum atomic E-state index is -4.85. The van der Waals surface area contributed by atoms with Gasteiger partial charge in [0.1, 0.15) is 11.9 Å². The summed E-state index contributed by atoms with van der Waals surface area (Å²) in [4.78, 5) is 21.9. The van der Waals surface area contributed by atoms with Gasteiger partial charge in [-0.25, -0.2) is 4.39 Å². The highest BCUT2D eigenvalue weighted by molar-refractivity contribution is 5.96. The second kappa shape index (κ2) is 5.25. The van der Waals surface area contributed by atoms with Crippen LogP contribution in [0.2, 0.25) is 0 Å². The Bertz CT molecular complexity index is 513. The van der Waals surface area contributed by atoms with Gasteiger partial charge in [0, 0.05) is 5.56 Å². The zero-order valence-corrected chi connectivity index (χ0v) is 9.58. The molecule has 0 spiro atoms. The summed E-state index contributed by atoms with van der Waals surface area (Å²) < 4.78 is 50.0. The summed E-state index contributed by atoms with van der Waals surface area (Å²) in [5, 5.41) is 10.5. The maximum Gasteiger partial charge on any atom is 0.419 e. The number of alkyl halides is 3. The largest absolute Gasteiger partial charge is 0.480 e. The van der Waals surface area contributed by atoms with Crippen LogP contribution in [0.4, 0.5) is 17.6 Å². The molecule has 8 heteroatoms. The van der Waals surface area contributed by atoms with Crippen LogP contribution in [-0.2, 0) is 11.0 Å². The summed E-state index contributed by atoms with van der Waals surface area (Å²) in [6.07, 6.45) is -4.85. The maximum absolute atomic E-state index is 13.2. The van der Waals surface area contributed by atoms with Crippen molar-refractivity contribution in [3.05, 3.63) is 35.1 Å². The van der Waals surface area contributed by atoms with Gasteiger partial charge in [0.2, 0.25) is 0 Å². The number of benzene rings is 1. The molecule has 2 N–H and O–H groups in total. The quantitative estimate of drug-likeness (QED) is 0.832. The van der Waals surface area contributed by atoms with Crippen molar-refractivity contribution in [1.29, 1.82) is 0 Å². The molecule has 0 aromatic heterocycles. The third-order valence-corrected chi connectivity index (χ3v) is 2.25. The predicted octanol–water partition coefficient (Wildman–Crippen LogP) is 2.05. The molecule has 4 nitrogen and oxygen atoms in total. The molecular weight excluding hydrogens is 270 g/mol. The summed E-state index contributed by atoms with van der Waals surface area (Å²) in [7, 11) is 0. The van der Waals surface area contributed by atoms with Crippen LogP contribution in [0.3, 0.4) is 0 Å². The first-order valence-electron chi connectivity index (χ1n) is 5.03. The third-order valence-electron chi connectivity index (χ3n) is 2.25. The van der Waals surface area contributed by atoms with Gasteiger partial charge >= 0.3 is 12.1 Å². The first-order valence-corrected chi connectivity index (χ1v) is 5.03. The fraction of sp³-hybridized carbons (Fsp3) is 0.273. The average molecular weight is 279 g/mol. The van der Waals surface area contributed by atoms with E-state index in [9.17, 15) is 27.2 Å². The van der Waals surface area contributed by atoms with Crippen molar-refractivity contribution < 1.29 is 32.3 Å². The van der Waals surface area contributed by atoms with Crippen LogP contribution in [0, 0.1) is 5.82 Å². The maximum atomic E-state index is 13.2. The van der Waals surface area contributed by atoms with Crippen molar-refractivity contribution in [2.24, 2.45) is 0 Å². The van der Waals surface area contributed by atoms with E-state index in [1.807, 2.05) is 5.32 Å². The number of carbonyl (C=O) groups excluding carboxylic acids is 1. The first-order chi connectivity index (χ1) is 8.62. The molecule has 0 saturated heterocycles. The lowest BCUT2D eigenvalue weighted by atomic mass is 10.1. The van der Waals surface area contributed by atoms with Gasteiger partial charge in [0.05, 0.1) is 5.56 Å². The summed E-state index contributed by atoms with van der Waals surface area (Å²) in [6, 6.07) is 0.371. The van der Waals surface area contributed by atoms with Gasteiger partial charge in [0.15, 0.2) is 0 Å². The van der Waals surface area contributed by atoms with Gasteiger partial charge in [-0.15, -0.1) is 0 Å². The topological polar surface area (TPSA) is 66.4 Å². The van der Waals surface area contributed by atoms with Gasteiger partial charge in [-0.3, -0.25) is 9.59 Å². The Morgan fingerprint density at radius 2 is 1.89 bits per heavy atom. The summed E-state index contributed by atoms with van der Waals surface area (Å²) >= 11 is 0. The highest BCUT2D eigenvalue weighted by Crippen LogP contribution is 2.31. The van der Waals surface area contributed by atoms with Crippen LogP contribution < -0.4 is 5.32 Å². The molecule has 104 valence electrons. The Balaban J connectivity index is 2.96. The van der Waals surface area contributed by atoms with Crippen molar-refractivity contribution in [3.8, 4) is 0 Å². The van der Waals surface area contributed by atoms with Gasteiger partial charge in [0.25, 0.3) is 5.91 Å². The molecule has 1 amide bonds. The van der Waals surface area contributed by atoms with E-state index in [4.69, 9.17) is 5.11 Å². The molecule has 0 aliphatic rings. The monoisotopic (exact) mass is 279 g/mol. The zero-order valence-electron chi connectivity index (χ0n) is 9.58. The SMILES string of the molecule is CC(NC(=O)c1ccc(C(F)(F)F)c(F)c1)C(=O)O. The summed E-state index contributed by atoms with van der Waals surface area (Å²) in [5.74, 6) is -3.88. The number of carboxylic acids is 1. The molecule has 1 unspecified atom stereocenters. The fourth-order valence-electron chi connectivity index (χ4n) is 1.23. The molecule has 0 aliphatic heterocycles. The Morgan fingerprint density at radius 3 is 2.32 bits per heavy atom. The van der Waals surface area contributed by atoms with Crippen LogP contribution in [0.25, 0.3) is 0 Å². The van der Waals surface area contributed by atoms with Crippen LogP contribution >= 0.6 is 0 Å². The molecule has 0 saturated carbocycles. The number of carboxylic acid groups (broad SMARTS) is 1.